The van der Waals surface area contributed by atoms with Crippen molar-refractivity contribution in [2.24, 2.45) is 0 Å². The number of rotatable bonds is 2. The number of aromatic nitrogens is 3. The fourth-order valence-electron chi connectivity index (χ4n) is 1.62. The highest BCUT2D eigenvalue weighted by molar-refractivity contribution is 5.53. The van der Waals surface area contributed by atoms with Gasteiger partial charge in [0, 0.05) is 11.6 Å². The number of hydrogen-bond donors (Lipinski definition) is 1. The number of anilines is 1. The molecule has 0 aliphatic carbocycles. The molecule has 2 aromatic rings. The van der Waals surface area contributed by atoms with Gasteiger partial charge in [0.25, 0.3) is 5.69 Å². The van der Waals surface area contributed by atoms with Crippen molar-refractivity contribution in [1.29, 1.82) is 0 Å². The molecule has 0 aliphatic heterocycles. The maximum absolute atomic E-state index is 10.8. The topological polar surface area (TPSA) is 99.9 Å². The predicted molar refractivity (Wildman–Crippen MR) is 61.9 cm³/mol. The van der Waals surface area contributed by atoms with Crippen LogP contribution in [0.25, 0.3) is 5.69 Å². The standard InChI is InChI=1S/C10H11N5O2/c1-6-4-9(15(16)17)7(2)3-8(6)14-5-10(11)12-13-14/h3-5H,11H2,1-2H3. The lowest BCUT2D eigenvalue weighted by molar-refractivity contribution is -0.385. The lowest BCUT2D eigenvalue weighted by Crippen LogP contribution is -2.01. The van der Waals surface area contributed by atoms with E-state index in [1.54, 1.807) is 26.1 Å². The molecule has 1 aromatic carbocycles. The molecule has 0 amide bonds. The Labute approximate surface area is 97.0 Å². The average molecular weight is 233 g/mol. The highest BCUT2D eigenvalue weighted by Crippen LogP contribution is 2.24. The van der Waals surface area contributed by atoms with Gasteiger partial charge in [0.15, 0.2) is 5.82 Å². The van der Waals surface area contributed by atoms with E-state index in [1.165, 1.54) is 10.7 Å². The van der Waals surface area contributed by atoms with Gasteiger partial charge < -0.3 is 5.73 Å². The van der Waals surface area contributed by atoms with E-state index in [1.807, 2.05) is 0 Å². The van der Waals surface area contributed by atoms with Crippen LogP contribution in [0.15, 0.2) is 18.3 Å². The Morgan fingerprint density at radius 3 is 2.59 bits per heavy atom. The minimum Gasteiger partial charge on any atom is -0.381 e. The number of hydrogen-bond acceptors (Lipinski definition) is 5. The van der Waals surface area contributed by atoms with Crippen LogP contribution in [0, 0.1) is 24.0 Å². The van der Waals surface area contributed by atoms with Gasteiger partial charge in [0.1, 0.15) is 0 Å². The van der Waals surface area contributed by atoms with Gasteiger partial charge in [-0.1, -0.05) is 5.21 Å². The van der Waals surface area contributed by atoms with E-state index in [9.17, 15) is 10.1 Å². The lowest BCUT2D eigenvalue weighted by atomic mass is 10.1. The monoisotopic (exact) mass is 233 g/mol. The molecule has 2 N–H and O–H groups in total. The van der Waals surface area contributed by atoms with Crippen molar-refractivity contribution in [2.45, 2.75) is 13.8 Å². The van der Waals surface area contributed by atoms with Crippen LogP contribution in [0.5, 0.6) is 0 Å². The highest BCUT2D eigenvalue weighted by Gasteiger charge is 2.14. The van der Waals surface area contributed by atoms with Gasteiger partial charge in [-0.05, 0) is 25.5 Å². The van der Waals surface area contributed by atoms with Crippen LogP contribution in [-0.4, -0.2) is 19.9 Å². The number of nitrogen functional groups attached to an aromatic ring is 1. The fourth-order valence-corrected chi connectivity index (χ4v) is 1.62. The summed E-state index contributed by atoms with van der Waals surface area (Å²) in [5.74, 6) is 0.306. The van der Waals surface area contributed by atoms with Crippen LogP contribution in [0.3, 0.4) is 0 Å². The Bertz CT molecular complexity index is 590. The van der Waals surface area contributed by atoms with E-state index in [4.69, 9.17) is 5.73 Å². The number of nitrogens with two attached hydrogens (primary N) is 1. The molecule has 88 valence electrons. The third-order valence-electron chi connectivity index (χ3n) is 2.47. The first-order valence-electron chi connectivity index (χ1n) is 4.93. The molecule has 0 bridgehead atoms. The van der Waals surface area contributed by atoms with E-state index in [0.29, 0.717) is 11.4 Å². The van der Waals surface area contributed by atoms with Gasteiger partial charge >= 0.3 is 0 Å². The summed E-state index contributed by atoms with van der Waals surface area (Å²) in [6, 6.07) is 3.21. The first-order chi connectivity index (χ1) is 7.99. The van der Waals surface area contributed by atoms with Crippen molar-refractivity contribution in [2.75, 3.05) is 5.73 Å². The first kappa shape index (κ1) is 11.1. The number of benzene rings is 1. The number of nitrogens with zero attached hydrogens (tertiary/aromatic N) is 4. The summed E-state index contributed by atoms with van der Waals surface area (Å²) in [6.45, 7) is 3.46. The summed E-state index contributed by atoms with van der Waals surface area (Å²) < 4.78 is 1.50. The van der Waals surface area contributed by atoms with Gasteiger partial charge in [0.05, 0.1) is 16.8 Å². The molecule has 17 heavy (non-hydrogen) atoms. The molecule has 1 heterocycles. The maximum atomic E-state index is 10.8. The molecule has 0 radical (unpaired) electrons. The van der Waals surface area contributed by atoms with Gasteiger partial charge in [-0.2, -0.15) is 0 Å². The molecule has 0 saturated carbocycles. The van der Waals surface area contributed by atoms with Crippen LogP contribution in [0.2, 0.25) is 0 Å². The van der Waals surface area contributed by atoms with Crippen molar-refractivity contribution >= 4 is 11.5 Å². The van der Waals surface area contributed by atoms with Gasteiger partial charge in [0.2, 0.25) is 0 Å². The zero-order chi connectivity index (χ0) is 12.6. The van der Waals surface area contributed by atoms with Gasteiger partial charge in [-0.25, -0.2) is 4.68 Å². The lowest BCUT2D eigenvalue weighted by Gasteiger charge is -2.06. The minimum absolute atomic E-state index is 0.0966. The van der Waals surface area contributed by atoms with Crippen molar-refractivity contribution in [3.8, 4) is 5.69 Å². The second kappa shape index (κ2) is 3.85. The summed E-state index contributed by atoms with van der Waals surface area (Å²) in [4.78, 5) is 10.4. The van der Waals surface area contributed by atoms with Crippen molar-refractivity contribution in [1.82, 2.24) is 15.0 Å². The molecular weight excluding hydrogens is 222 g/mol. The quantitative estimate of drug-likeness (QED) is 0.623. The molecule has 0 saturated heterocycles. The average Bonchev–Trinajstić information content (AvgIpc) is 2.67. The summed E-state index contributed by atoms with van der Waals surface area (Å²) in [6.07, 6.45) is 1.56. The molecule has 0 aliphatic rings. The van der Waals surface area contributed by atoms with Crippen molar-refractivity contribution in [3.63, 3.8) is 0 Å². The molecule has 0 spiro atoms. The van der Waals surface area contributed by atoms with Crippen molar-refractivity contribution < 1.29 is 4.92 Å². The predicted octanol–water partition coefficient (Wildman–Crippen LogP) is 1.37. The minimum atomic E-state index is -0.401. The SMILES string of the molecule is Cc1cc([N+](=O)[O-])c(C)cc1-n1cc(N)nn1. The van der Waals surface area contributed by atoms with Crippen LogP contribution >= 0.6 is 0 Å². The van der Waals surface area contributed by atoms with E-state index < -0.39 is 4.92 Å². The zero-order valence-corrected chi connectivity index (χ0v) is 9.41. The molecule has 7 heteroatoms. The number of nitro benzene ring substituents is 1. The second-order valence-corrected chi connectivity index (χ2v) is 3.77. The van der Waals surface area contributed by atoms with Crippen LogP contribution in [0.1, 0.15) is 11.1 Å². The number of aryl methyl sites for hydroxylation is 2. The summed E-state index contributed by atoms with van der Waals surface area (Å²) in [7, 11) is 0. The Hall–Kier alpha value is -2.44. The largest absolute Gasteiger partial charge is 0.381 e. The van der Waals surface area contributed by atoms with Crippen LogP contribution < -0.4 is 5.73 Å². The highest BCUT2D eigenvalue weighted by atomic mass is 16.6. The van der Waals surface area contributed by atoms with Gasteiger partial charge in [-0.3, -0.25) is 10.1 Å². The molecule has 0 unspecified atom stereocenters. The molecule has 7 nitrogen and oxygen atoms in total. The van der Waals surface area contributed by atoms with E-state index in [0.717, 1.165) is 11.3 Å². The fraction of sp³-hybridized carbons (Fsp3) is 0.200. The third-order valence-corrected chi connectivity index (χ3v) is 2.47. The van der Waals surface area contributed by atoms with Crippen LogP contribution in [0.4, 0.5) is 11.5 Å². The van der Waals surface area contributed by atoms with Crippen molar-refractivity contribution in [3.05, 3.63) is 39.6 Å². The molecular formula is C10H11N5O2. The van der Waals surface area contributed by atoms with E-state index in [2.05, 4.69) is 10.3 Å². The normalized spacial score (nSPS) is 10.5. The summed E-state index contributed by atoms with van der Waals surface area (Å²) >= 11 is 0. The molecule has 0 atom stereocenters. The maximum Gasteiger partial charge on any atom is 0.272 e. The molecule has 2 rings (SSSR count). The molecule has 0 fully saturated rings. The smallest absolute Gasteiger partial charge is 0.272 e. The Morgan fingerprint density at radius 1 is 1.35 bits per heavy atom. The Morgan fingerprint density at radius 2 is 2.06 bits per heavy atom. The summed E-state index contributed by atoms with van der Waals surface area (Å²) in [5, 5.41) is 18.3. The Balaban J connectivity index is 2.57. The molecule has 1 aromatic heterocycles. The van der Waals surface area contributed by atoms with Crippen LogP contribution in [-0.2, 0) is 0 Å². The Kier molecular flexibility index (Phi) is 2.51. The number of nitro groups is 1. The second-order valence-electron chi connectivity index (χ2n) is 3.77. The summed E-state index contributed by atoms with van der Waals surface area (Å²) in [5.41, 5.74) is 7.63. The third kappa shape index (κ3) is 1.94. The van der Waals surface area contributed by atoms with E-state index in [-0.39, 0.29) is 5.69 Å². The van der Waals surface area contributed by atoms with Gasteiger partial charge in [-0.15, -0.1) is 5.10 Å². The first-order valence-corrected chi connectivity index (χ1v) is 4.93. The zero-order valence-electron chi connectivity index (χ0n) is 9.41. The van der Waals surface area contributed by atoms with E-state index >= 15 is 0 Å².